The van der Waals surface area contributed by atoms with Gasteiger partial charge in [-0.1, -0.05) is 11.6 Å². The maximum atomic E-state index is 12.3. The highest BCUT2D eigenvalue weighted by Crippen LogP contribution is 2.30. The third kappa shape index (κ3) is 3.83. The molecule has 1 aliphatic carbocycles. The number of carbonyl (C=O) groups excluding carboxylic acids is 1. The molecule has 0 unspecified atom stereocenters. The van der Waals surface area contributed by atoms with Gasteiger partial charge in [0.25, 0.3) is 0 Å². The number of furan rings is 1. The Morgan fingerprint density at radius 2 is 2.16 bits per heavy atom. The number of hydrogen-bond acceptors (Lipinski definition) is 6. The number of nitrogens with one attached hydrogen (secondary N) is 1. The van der Waals surface area contributed by atoms with Crippen molar-refractivity contribution >= 4 is 22.9 Å². The Hall–Kier alpha value is -2.37. The van der Waals surface area contributed by atoms with Crippen LogP contribution in [0.4, 0.5) is 5.82 Å². The topological polar surface area (TPSA) is 77.2 Å². The fraction of sp³-hybridized carbons (Fsp3) is 0.526. The average Bonchev–Trinajstić information content (AvgIpc) is 2.91. The number of carbonyl (C=O) groups is 1. The second-order valence-electron chi connectivity index (χ2n) is 6.34. The lowest BCUT2D eigenvalue weighted by Crippen LogP contribution is -2.10. The second-order valence-corrected chi connectivity index (χ2v) is 6.34. The van der Waals surface area contributed by atoms with Crippen molar-refractivity contribution in [2.24, 2.45) is 0 Å². The Labute approximate surface area is 147 Å². The van der Waals surface area contributed by atoms with E-state index in [9.17, 15) is 4.79 Å². The molecule has 0 spiro atoms. The Morgan fingerprint density at radius 1 is 1.32 bits per heavy atom. The molecule has 1 N–H and O–H groups in total. The lowest BCUT2D eigenvalue weighted by atomic mass is 9.97. The van der Waals surface area contributed by atoms with Gasteiger partial charge in [0.15, 0.2) is 0 Å². The van der Waals surface area contributed by atoms with Crippen LogP contribution in [0.5, 0.6) is 0 Å². The highest BCUT2D eigenvalue weighted by atomic mass is 16.5. The first-order chi connectivity index (χ1) is 12.1. The Morgan fingerprint density at radius 3 is 2.88 bits per heavy atom. The Kier molecular flexibility index (Phi) is 5.36. The molecule has 0 radical (unpaired) electrons. The molecule has 25 heavy (non-hydrogen) atoms. The van der Waals surface area contributed by atoms with Crippen molar-refractivity contribution in [2.75, 3.05) is 18.5 Å². The van der Waals surface area contributed by atoms with E-state index in [1.807, 2.05) is 6.92 Å². The monoisotopic (exact) mass is 343 g/mol. The summed E-state index contributed by atoms with van der Waals surface area (Å²) in [5, 5.41) is 3.98. The van der Waals surface area contributed by atoms with E-state index in [2.05, 4.69) is 21.4 Å². The van der Waals surface area contributed by atoms with Crippen LogP contribution < -0.4 is 5.32 Å². The molecule has 0 saturated heterocycles. The molecular weight excluding hydrogens is 318 g/mol. The van der Waals surface area contributed by atoms with Gasteiger partial charge in [0.1, 0.15) is 23.0 Å². The zero-order valence-electron chi connectivity index (χ0n) is 15.1. The number of nitrogens with zero attached hydrogens (tertiary/aromatic N) is 2. The average molecular weight is 343 g/mol. The van der Waals surface area contributed by atoms with Crippen LogP contribution in [0.25, 0.3) is 11.1 Å². The van der Waals surface area contributed by atoms with E-state index in [0.717, 1.165) is 13.0 Å². The number of rotatable bonds is 6. The van der Waals surface area contributed by atoms with E-state index in [4.69, 9.17) is 9.15 Å². The molecule has 0 aromatic carbocycles. The van der Waals surface area contributed by atoms with Gasteiger partial charge < -0.3 is 14.5 Å². The summed E-state index contributed by atoms with van der Waals surface area (Å²) in [6, 6.07) is 0. The molecule has 0 fully saturated rings. The molecule has 2 aromatic heterocycles. The minimum Gasteiger partial charge on any atom is -0.462 e. The number of fused-ring (bicyclic) bond motifs is 1. The van der Waals surface area contributed by atoms with Crippen molar-refractivity contribution in [3.63, 3.8) is 0 Å². The number of hydrogen-bond donors (Lipinski definition) is 1. The van der Waals surface area contributed by atoms with E-state index >= 15 is 0 Å². The fourth-order valence-corrected chi connectivity index (χ4v) is 3.27. The first-order valence-electron chi connectivity index (χ1n) is 8.96. The van der Waals surface area contributed by atoms with E-state index in [1.165, 1.54) is 31.3 Å². The van der Waals surface area contributed by atoms with Gasteiger partial charge >= 0.3 is 5.97 Å². The lowest BCUT2D eigenvalue weighted by molar-refractivity contribution is 0.0526. The highest BCUT2D eigenvalue weighted by molar-refractivity contribution is 6.07. The molecule has 2 heterocycles. The number of anilines is 1. The maximum Gasteiger partial charge on any atom is 0.342 e. The van der Waals surface area contributed by atoms with Crippen molar-refractivity contribution in [3.8, 4) is 0 Å². The second kappa shape index (κ2) is 7.68. The molecule has 0 amide bonds. The summed E-state index contributed by atoms with van der Waals surface area (Å²) in [4.78, 5) is 21.1. The van der Waals surface area contributed by atoms with Crippen molar-refractivity contribution in [3.05, 3.63) is 28.8 Å². The summed E-state index contributed by atoms with van der Waals surface area (Å²) in [5.74, 6) is 1.35. The van der Waals surface area contributed by atoms with Crippen LogP contribution in [-0.2, 0) is 4.74 Å². The number of aromatic nitrogens is 2. The zero-order chi connectivity index (χ0) is 17.8. The van der Waals surface area contributed by atoms with E-state index in [-0.39, 0.29) is 0 Å². The van der Waals surface area contributed by atoms with Crippen molar-refractivity contribution in [2.45, 2.75) is 52.9 Å². The van der Waals surface area contributed by atoms with E-state index in [1.54, 1.807) is 13.8 Å². The number of ether oxygens (including phenoxy) is 1. The minimum absolute atomic E-state index is 0.314. The van der Waals surface area contributed by atoms with Crippen molar-refractivity contribution < 1.29 is 13.9 Å². The molecule has 134 valence electrons. The quantitative estimate of drug-likeness (QED) is 0.622. The van der Waals surface area contributed by atoms with Gasteiger partial charge in [-0.3, -0.25) is 0 Å². The normalized spacial score (nSPS) is 14.4. The SMILES string of the molecule is CCOC(=O)c1c(C)oc2nc(C)nc(NCCC3=CCCCC3)c12. The number of esters is 1. The van der Waals surface area contributed by atoms with Crippen LogP contribution in [0.15, 0.2) is 16.1 Å². The predicted octanol–water partition coefficient (Wildman–Crippen LogP) is 4.32. The zero-order valence-corrected chi connectivity index (χ0v) is 15.1. The summed E-state index contributed by atoms with van der Waals surface area (Å²) >= 11 is 0. The van der Waals surface area contributed by atoms with Crippen molar-refractivity contribution in [1.82, 2.24) is 9.97 Å². The molecular formula is C19H25N3O3. The molecule has 6 nitrogen and oxygen atoms in total. The lowest BCUT2D eigenvalue weighted by Gasteiger charge is -2.13. The molecule has 0 aliphatic heterocycles. The summed E-state index contributed by atoms with van der Waals surface area (Å²) in [7, 11) is 0. The molecule has 6 heteroatoms. The number of allylic oxidation sites excluding steroid dienone is 1. The first-order valence-corrected chi connectivity index (χ1v) is 8.96. The van der Waals surface area contributed by atoms with Crippen molar-refractivity contribution in [1.29, 1.82) is 0 Å². The molecule has 3 rings (SSSR count). The molecule has 0 saturated carbocycles. The fourth-order valence-electron chi connectivity index (χ4n) is 3.27. The van der Waals surface area contributed by atoms with Crippen LogP contribution in [0.1, 0.15) is 61.0 Å². The molecule has 2 aromatic rings. The first kappa shape index (κ1) is 17.5. The van der Waals surface area contributed by atoms with Gasteiger partial charge in [-0.15, -0.1) is 0 Å². The molecule has 0 atom stereocenters. The van der Waals surface area contributed by atoms with Crippen LogP contribution >= 0.6 is 0 Å². The maximum absolute atomic E-state index is 12.3. The largest absolute Gasteiger partial charge is 0.462 e. The summed E-state index contributed by atoms with van der Waals surface area (Å²) < 4.78 is 10.8. The van der Waals surface area contributed by atoms with E-state index in [0.29, 0.717) is 40.7 Å². The minimum atomic E-state index is -0.399. The van der Waals surface area contributed by atoms with Gasteiger partial charge in [-0.2, -0.15) is 4.98 Å². The van der Waals surface area contributed by atoms with Gasteiger partial charge in [-0.25, -0.2) is 9.78 Å². The van der Waals surface area contributed by atoms with Crippen LogP contribution in [0.2, 0.25) is 0 Å². The summed E-state index contributed by atoms with van der Waals surface area (Å²) in [6.45, 7) is 6.43. The summed E-state index contributed by atoms with van der Waals surface area (Å²) in [6.07, 6.45) is 8.25. The predicted molar refractivity (Wildman–Crippen MR) is 96.9 cm³/mol. The Bertz CT molecular complexity index is 808. The van der Waals surface area contributed by atoms with Gasteiger partial charge in [0.2, 0.25) is 5.71 Å². The van der Waals surface area contributed by atoms with Gasteiger partial charge in [0.05, 0.1) is 12.0 Å². The van der Waals surface area contributed by atoms with Crippen LogP contribution in [0, 0.1) is 13.8 Å². The highest BCUT2D eigenvalue weighted by Gasteiger charge is 2.24. The molecule has 1 aliphatic rings. The third-order valence-electron chi connectivity index (χ3n) is 4.44. The standard InChI is InChI=1S/C19H25N3O3/c1-4-24-19(23)15-12(2)25-18-16(15)17(21-13(3)22-18)20-11-10-14-8-6-5-7-9-14/h8H,4-7,9-11H2,1-3H3,(H,20,21,22). The summed E-state index contributed by atoms with van der Waals surface area (Å²) in [5.41, 5.74) is 2.33. The van der Waals surface area contributed by atoms with Gasteiger partial charge in [-0.05, 0) is 52.9 Å². The van der Waals surface area contributed by atoms with Crippen LogP contribution in [0.3, 0.4) is 0 Å². The third-order valence-corrected chi connectivity index (χ3v) is 4.44. The van der Waals surface area contributed by atoms with E-state index < -0.39 is 5.97 Å². The van der Waals surface area contributed by atoms with Gasteiger partial charge in [0, 0.05) is 6.54 Å². The van der Waals surface area contributed by atoms with Crippen LogP contribution in [-0.4, -0.2) is 29.1 Å². The smallest absolute Gasteiger partial charge is 0.342 e. The Balaban J connectivity index is 1.87. The molecule has 0 bridgehead atoms. The number of aryl methyl sites for hydroxylation is 2.